The number of nitrogens with zero attached hydrogens (tertiary/aromatic N) is 6. The summed E-state index contributed by atoms with van der Waals surface area (Å²) in [7, 11) is 0. The molecule has 2 aliphatic heterocycles. The van der Waals surface area contributed by atoms with Crippen molar-refractivity contribution in [2.45, 2.75) is 57.1 Å². The van der Waals surface area contributed by atoms with E-state index in [-0.39, 0.29) is 23.1 Å². The highest BCUT2D eigenvalue weighted by atomic mass is 19.4. The summed E-state index contributed by atoms with van der Waals surface area (Å²) < 4.78 is 41.6. The molecule has 0 unspecified atom stereocenters. The molecule has 5 rings (SSSR count). The van der Waals surface area contributed by atoms with Gasteiger partial charge in [-0.2, -0.15) is 18.0 Å². The van der Waals surface area contributed by atoms with Crippen molar-refractivity contribution in [2.75, 3.05) is 18.0 Å². The number of aliphatic hydroxyl groups is 1. The average Bonchev–Trinajstić information content (AvgIpc) is 3.34. The normalized spacial score (nSPS) is 19.8. The molecule has 3 aromatic rings. The van der Waals surface area contributed by atoms with E-state index in [2.05, 4.69) is 32.0 Å². The van der Waals surface area contributed by atoms with Gasteiger partial charge in [-0.1, -0.05) is 38.8 Å². The molecule has 0 radical (unpaired) electrons. The van der Waals surface area contributed by atoms with Crippen LogP contribution in [-0.4, -0.2) is 55.4 Å². The highest BCUT2D eigenvalue weighted by molar-refractivity contribution is 5.82. The van der Waals surface area contributed by atoms with Crippen molar-refractivity contribution in [3.05, 3.63) is 40.7 Å². The van der Waals surface area contributed by atoms with Crippen LogP contribution in [0, 0.1) is 12.3 Å². The fourth-order valence-corrected chi connectivity index (χ4v) is 4.28. The van der Waals surface area contributed by atoms with E-state index in [9.17, 15) is 18.3 Å². The molecule has 35 heavy (non-hydrogen) atoms. The smallest absolute Gasteiger partial charge is 0.391 e. The van der Waals surface area contributed by atoms with E-state index in [1.54, 1.807) is 6.07 Å². The first-order chi connectivity index (χ1) is 16.4. The highest BCUT2D eigenvalue weighted by Crippen LogP contribution is 2.44. The third kappa shape index (κ3) is 3.99. The molecular formula is C23H25F3N8O. The maximum Gasteiger partial charge on any atom is 0.426 e. The molecule has 0 saturated carbocycles. The van der Waals surface area contributed by atoms with Gasteiger partial charge >= 0.3 is 6.18 Å². The second-order valence-electron chi connectivity index (χ2n) is 9.89. The number of hydrazine groups is 1. The number of rotatable bonds is 4. The lowest BCUT2D eigenvalue weighted by Gasteiger charge is -2.21. The minimum Gasteiger partial charge on any atom is -0.391 e. The van der Waals surface area contributed by atoms with Gasteiger partial charge in [-0.05, 0) is 18.1 Å². The van der Waals surface area contributed by atoms with Crippen molar-refractivity contribution < 1.29 is 18.3 Å². The minimum absolute atomic E-state index is 0.0360. The molecule has 0 amide bonds. The molecule has 2 saturated heterocycles. The first-order valence-electron chi connectivity index (χ1n) is 11.2. The second-order valence-corrected chi connectivity index (χ2v) is 9.89. The summed E-state index contributed by atoms with van der Waals surface area (Å²) in [6.45, 7) is 6.83. The molecule has 0 spiro atoms. The van der Waals surface area contributed by atoms with Crippen LogP contribution < -0.4 is 15.8 Å². The Hall–Kier alpha value is -3.27. The summed E-state index contributed by atoms with van der Waals surface area (Å²) in [6, 6.07) is 4.46. The van der Waals surface area contributed by atoms with Gasteiger partial charge in [0, 0.05) is 29.6 Å². The van der Waals surface area contributed by atoms with E-state index in [0.717, 1.165) is 0 Å². The van der Waals surface area contributed by atoms with Crippen molar-refractivity contribution in [2.24, 2.45) is 0 Å². The van der Waals surface area contributed by atoms with Crippen LogP contribution in [-0.2, 0) is 17.6 Å². The van der Waals surface area contributed by atoms with Crippen molar-refractivity contribution in [3.63, 3.8) is 0 Å². The predicted molar refractivity (Wildman–Crippen MR) is 122 cm³/mol. The largest absolute Gasteiger partial charge is 0.426 e. The Morgan fingerprint density at radius 3 is 2.51 bits per heavy atom. The van der Waals surface area contributed by atoms with E-state index in [1.165, 1.54) is 16.9 Å². The molecule has 2 fully saturated rings. The Balaban J connectivity index is 1.62. The second kappa shape index (κ2) is 7.87. The Morgan fingerprint density at radius 1 is 1.20 bits per heavy atom. The highest BCUT2D eigenvalue weighted by Gasteiger charge is 2.66. The molecule has 184 valence electrons. The van der Waals surface area contributed by atoms with E-state index in [4.69, 9.17) is 11.4 Å². The minimum atomic E-state index is -4.59. The number of halogens is 3. The lowest BCUT2D eigenvalue weighted by molar-refractivity contribution is -0.165. The third-order valence-electron chi connectivity index (χ3n) is 6.24. The van der Waals surface area contributed by atoms with Gasteiger partial charge in [-0.3, -0.25) is 0 Å². The van der Waals surface area contributed by atoms with Gasteiger partial charge in [0.25, 0.3) is 0 Å². The lowest BCUT2D eigenvalue weighted by Crippen LogP contribution is -2.36. The molecule has 1 atom stereocenters. The van der Waals surface area contributed by atoms with Crippen molar-refractivity contribution in [1.82, 2.24) is 35.8 Å². The van der Waals surface area contributed by atoms with Crippen LogP contribution in [0.4, 0.5) is 19.0 Å². The van der Waals surface area contributed by atoms with Crippen LogP contribution in [0.5, 0.6) is 0 Å². The Bertz CT molecular complexity index is 1330. The Morgan fingerprint density at radius 2 is 1.94 bits per heavy atom. The summed E-state index contributed by atoms with van der Waals surface area (Å²) in [5.74, 6) is 3.58. The van der Waals surface area contributed by atoms with E-state index >= 15 is 0 Å². The molecule has 2 aliphatic rings. The van der Waals surface area contributed by atoms with E-state index in [0.29, 0.717) is 47.9 Å². The van der Waals surface area contributed by atoms with E-state index < -0.39 is 17.9 Å². The van der Waals surface area contributed by atoms with Crippen molar-refractivity contribution >= 4 is 17.0 Å². The quantitative estimate of drug-likeness (QED) is 0.378. The first kappa shape index (κ1) is 23.5. The number of nitrogens with one attached hydrogen (secondary N) is 2. The number of β-amino-alcohol motifs (C(OH)–C–C–N with tert-alkyl or cyclic N) is 1. The van der Waals surface area contributed by atoms with Crippen LogP contribution in [0.25, 0.3) is 11.2 Å². The van der Waals surface area contributed by atoms with Crippen molar-refractivity contribution in [1.29, 1.82) is 0 Å². The zero-order valence-corrected chi connectivity index (χ0v) is 19.5. The zero-order chi connectivity index (χ0) is 25.2. The number of benzene rings is 1. The van der Waals surface area contributed by atoms with E-state index in [1.807, 2.05) is 25.7 Å². The van der Waals surface area contributed by atoms with Crippen LogP contribution in [0.15, 0.2) is 18.2 Å². The monoisotopic (exact) mass is 486 g/mol. The molecule has 0 aliphatic carbocycles. The summed E-state index contributed by atoms with van der Waals surface area (Å²) >= 11 is 0. The van der Waals surface area contributed by atoms with Gasteiger partial charge in [0.2, 0.25) is 11.3 Å². The molecule has 3 N–H and O–H groups in total. The lowest BCUT2D eigenvalue weighted by atomic mass is 9.93. The number of anilines is 1. The summed E-state index contributed by atoms with van der Waals surface area (Å²) in [6.07, 6.45) is 1.17. The van der Waals surface area contributed by atoms with Crippen LogP contribution in [0.1, 0.15) is 49.7 Å². The topological polar surface area (TPSA) is 124 Å². The fourth-order valence-electron chi connectivity index (χ4n) is 4.28. The molecule has 0 bridgehead atoms. The number of aliphatic hydroxyl groups excluding tert-OH is 1. The average molecular weight is 487 g/mol. The van der Waals surface area contributed by atoms with Crippen LogP contribution >= 0.6 is 0 Å². The van der Waals surface area contributed by atoms with Gasteiger partial charge < -0.3 is 10.0 Å². The number of fused-ring (bicyclic) bond motifs is 1. The van der Waals surface area contributed by atoms with Gasteiger partial charge in [-0.15, -0.1) is 16.6 Å². The molecule has 2 aromatic heterocycles. The van der Waals surface area contributed by atoms with Crippen molar-refractivity contribution in [3.8, 4) is 12.3 Å². The van der Waals surface area contributed by atoms with Gasteiger partial charge in [0.05, 0.1) is 12.6 Å². The molecule has 12 heteroatoms. The first-order valence-corrected chi connectivity index (χ1v) is 11.2. The van der Waals surface area contributed by atoms with Crippen LogP contribution in [0.3, 0.4) is 0 Å². The SMILES string of the molecule is C#Cc1cccc(C2(C(F)(F)F)NN2)c1Cn1nc2nc(C(C)(C)C)nc(N3CC[C@H](O)C3)c2n1. The van der Waals surface area contributed by atoms with Crippen LogP contribution in [0.2, 0.25) is 0 Å². The van der Waals surface area contributed by atoms with Gasteiger partial charge in [-0.25, -0.2) is 20.8 Å². The standard InChI is InChI=1S/C23H25F3N8O/c1-5-13-7-6-8-16(22(31-32-22)23(24,25)26)15(13)12-34-29-17-18(30-34)27-20(21(2,3)4)28-19(17)33-10-9-14(35)11-33/h1,6-8,14,31-32,35H,9-12H2,2-4H3/t14-/m0/s1. The summed E-state index contributed by atoms with van der Waals surface area (Å²) in [4.78, 5) is 12.5. The molecule has 4 heterocycles. The Labute approximate surface area is 199 Å². The summed E-state index contributed by atoms with van der Waals surface area (Å²) in [5, 5.41) is 19.1. The van der Waals surface area contributed by atoms with Gasteiger partial charge in [0.15, 0.2) is 11.3 Å². The number of hydrogen-bond acceptors (Lipinski definition) is 8. The third-order valence-corrected chi connectivity index (χ3v) is 6.24. The Kier molecular flexibility index (Phi) is 5.28. The number of terminal acetylenes is 1. The molecule has 9 nitrogen and oxygen atoms in total. The maximum atomic E-state index is 13.9. The molecule has 1 aromatic carbocycles. The molecular weight excluding hydrogens is 461 g/mol. The number of alkyl halides is 3. The predicted octanol–water partition coefficient (Wildman–Crippen LogP) is 1.94. The number of hydrogen-bond donors (Lipinski definition) is 3. The summed E-state index contributed by atoms with van der Waals surface area (Å²) in [5.41, 5.74) is 3.01. The number of aromatic nitrogens is 5. The zero-order valence-electron chi connectivity index (χ0n) is 19.5. The fraction of sp³-hybridized carbons (Fsp3) is 0.478. The van der Waals surface area contributed by atoms with Gasteiger partial charge in [0.1, 0.15) is 5.82 Å². The maximum absolute atomic E-state index is 13.9.